The molecular weight excluding hydrogens is 212 g/mol. The number of nitrogens with one attached hydrogen (secondary N) is 1. The Morgan fingerprint density at radius 1 is 1.35 bits per heavy atom. The standard InChI is InChI=1S/C13H18N4/c1-3-6-14-8-12-5-4-11(2)13(7-12)17-10-15-9-16-17/h4-5,7,9-10,14H,3,6,8H2,1-2H3. The zero-order valence-corrected chi connectivity index (χ0v) is 10.3. The number of rotatable bonds is 5. The lowest BCUT2D eigenvalue weighted by atomic mass is 10.1. The molecule has 1 N–H and O–H groups in total. The zero-order chi connectivity index (χ0) is 12.1. The minimum atomic E-state index is 0.899. The van der Waals surface area contributed by atoms with E-state index >= 15 is 0 Å². The molecule has 0 atom stereocenters. The highest BCUT2D eigenvalue weighted by atomic mass is 15.3. The molecule has 2 aromatic rings. The summed E-state index contributed by atoms with van der Waals surface area (Å²) in [6.45, 7) is 6.20. The summed E-state index contributed by atoms with van der Waals surface area (Å²) in [6.07, 6.45) is 4.44. The van der Waals surface area contributed by atoms with E-state index < -0.39 is 0 Å². The van der Waals surface area contributed by atoms with Crippen LogP contribution in [0.1, 0.15) is 24.5 Å². The van der Waals surface area contributed by atoms with Gasteiger partial charge < -0.3 is 5.32 Å². The highest BCUT2D eigenvalue weighted by molar-refractivity contribution is 5.42. The third-order valence-electron chi connectivity index (χ3n) is 2.70. The SMILES string of the molecule is CCCNCc1ccc(C)c(-n2cncn2)c1. The molecule has 0 aliphatic carbocycles. The number of aryl methyl sites for hydroxylation is 1. The predicted molar refractivity (Wildman–Crippen MR) is 68.1 cm³/mol. The molecule has 17 heavy (non-hydrogen) atoms. The molecule has 1 heterocycles. The van der Waals surface area contributed by atoms with Crippen molar-refractivity contribution in [2.75, 3.05) is 6.54 Å². The van der Waals surface area contributed by atoms with Crippen molar-refractivity contribution >= 4 is 0 Å². The van der Waals surface area contributed by atoms with Gasteiger partial charge in [-0.15, -0.1) is 0 Å². The summed E-state index contributed by atoms with van der Waals surface area (Å²) in [5, 5.41) is 7.57. The second-order valence-corrected chi connectivity index (χ2v) is 4.14. The molecule has 90 valence electrons. The second-order valence-electron chi connectivity index (χ2n) is 4.14. The molecule has 0 fully saturated rings. The lowest BCUT2D eigenvalue weighted by Crippen LogP contribution is -2.14. The third-order valence-corrected chi connectivity index (χ3v) is 2.70. The molecule has 0 saturated heterocycles. The Balaban J connectivity index is 2.18. The number of nitrogens with zero attached hydrogens (tertiary/aromatic N) is 3. The van der Waals surface area contributed by atoms with Gasteiger partial charge >= 0.3 is 0 Å². The summed E-state index contributed by atoms with van der Waals surface area (Å²) in [6, 6.07) is 6.44. The maximum Gasteiger partial charge on any atom is 0.138 e. The first kappa shape index (κ1) is 11.8. The Labute approximate surface area is 102 Å². The second kappa shape index (κ2) is 5.59. The van der Waals surface area contributed by atoms with Gasteiger partial charge in [0.2, 0.25) is 0 Å². The van der Waals surface area contributed by atoms with Crippen LogP contribution in [0.15, 0.2) is 30.9 Å². The number of benzene rings is 1. The first-order valence-corrected chi connectivity index (χ1v) is 5.96. The van der Waals surface area contributed by atoms with E-state index in [2.05, 4.69) is 47.4 Å². The summed E-state index contributed by atoms with van der Waals surface area (Å²) in [7, 11) is 0. The highest BCUT2D eigenvalue weighted by Crippen LogP contribution is 2.14. The normalized spacial score (nSPS) is 10.7. The minimum absolute atomic E-state index is 0.899. The first-order chi connectivity index (χ1) is 8.31. The lowest BCUT2D eigenvalue weighted by Gasteiger charge is -2.09. The zero-order valence-electron chi connectivity index (χ0n) is 10.3. The van der Waals surface area contributed by atoms with E-state index in [1.165, 1.54) is 11.1 Å². The molecular formula is C13H18N4. The monoisotopic (exact) mass is 230 g/mol. The maximum atomic E-state index is 4.17. The van der Waals surface area contributed by atoms with Crippen molar-refractivity contribution in [3.8, 4) is 5.69 Å². The van der Waals surface area contributed by atoms with Crippen LogP contribution in [0.5, 0.6) is 0 Å². The van der Waals surface area contributed by atoms with Crippen LogP contribution in [-0.2, 0) is 6.54 Å². The summed E-state index contributed by atoms with van der Waals surface area (Å²) in [4.78, 5) is 3.98. The summed E-state index contributed by atoms with van der Waals surface area (Å²) in [5.41, 5.74) is 3.57. The van der Waals surface area contributed by atoms with Gasteiger partial charge in [0.05, 0.1) is 5.69 Å². The summed E-state index contributed by atoms with van der Waals surface area (Å²) in [5.74, 6) is 0. The average molecular weight is 230 g/mol. The van der Waals surface area contributed by atoms with Gasteiger partial charge in [-0.05, 0) is 37.1 Å². The number of aromatic nitrogens is 3. The van der Waals surface area contributed by atoms with Crippen molar-refractivity contribution in [2.45, 2.75) is 26.8 Å². The number of hydrogen-bond acceptors (Lipinski definition) is 3. The highest BCUT2D eigenvalue weighted by Gasteiger charge is 2.03. The van der Waals surface area contributed by atoms with Crippen LogP contribution in [-0.4, -0.2) is 21.3 Å². The molecule has 2 rings (SSSR count). The van der Waals surface area contributed by atoms with Crippen molar-refractivity contribution in [2.24, 2.45) is 0 Å². The van der Waals surface area contributed by atoms with Gasteiger partial charge in [-0.3, -0.25) is 0 Å². The van der Waals surface area contributed by atoms with E-state index in [9.17, 15) is 0 Å². The van der Waals surface area contributed by atoms with Crippen LogP contribution in [0.2, 0.25) is 0 Å². The van der Waals surface area contributed by atoms with Gasteiger partial charge in [0.15, 0.2) is 0 Å². The topological polar surface area (TPSA) is 42.7 Å². The van der Waals surface area contributed by atoms with E-state index in [4.69, 9.17) is 0 Å². The quantitative estimate of drug-likeness (QED) is 0.800. The van der Waals surface area contributed by atoms with Crippen molar-refractivity contribution in [3.63, 3.8) is 0 Å². The molecule has 0 aliphatic rings. The van der Waals surface area contributed by atoms with Crippen LogP contribution < -0.4 is 5.32 Å². The molecule has 1 aromatic carbocycles. The van der Waals surface area contributed by atoms with Gasteiger partial charge in [0.1, 0.15) is 12.7 Å². The van der Waals surface area contributed by atoms with Crippen LogP contribution in [0.25, 0.3) is 5.69 Å². The average Bonchev–Trinajstić information content (AvgIpc) is 2.85. The van der Waals surface area contributed by atoms with Crippen molar-refractivity contribution in [1.82, 2.24) is 20.1 Å². The van der Waals surface area contributed by atoms with Gasteiger partial charge in [0, 0.05) is 6.54 Å². The van der Waals surface area contributed by atoms with Gasteiger partial charge in [-0.1, -0.05) is 19.1 Å². The fraction of sp³-hybridized carbons (Fsp3) is 0.385. The van der Waals surface area contributed by atoms with Crippen LogP contribution in [0, 0.1) is 6.92 Å². The molecule has 0 bridgehead atoms. The van der Waals surface area contributed by atoms with Crippen molar-refractivity contribution < 1.29 is 0 Å². The van der Waals surface area contributed by atoms with E-state index in [0.717, 1.165) is 25.2 Å². The van der Waals surface area contributed by atoms with Gasteiger partial charge in [-0.2, -0.15) is 5.10 Å². The Bertz CT molecular complexity index is 462. The molecule has 0 unspecified atom stereocenters. The van der Waals surface area contributed by atoms with Crippen molar-refractivity contribution in [1.29, 1.82) is 0 Å². The summed E-state index contributed by atoms with van der Waals surface area (Å²) >= 11 is 0. The fourth-order valence-electron chi connectivity index (χ4n) is 1.75. The van der Waals surface area contributed by atoms with E-state index in [0.29, 0.717) is 0 Å². The fourth-order valence-corrected chi connectivity index (χ4v) is 1.75. The Morgan fingerprint density at radius 3 is 2.94 bits per heavy atom. The van der Waals surface area contributed by atoms with E-state index in [-0.39, 0.29) is 0 Å². The van der Waals surface area contributed by atoms with Crippen LogP contribution >= 0.6 is 0 Å². The van der Waals surface area contributed by atoms with Crippen LogP contribution in [0.3, 0.4) is 0 Å². The predicted octanol–water partition coefficient (Wildman–Crippen LogP) is 2.08. The molecule has 0 aliphatic heterocycles. The van der Waals surface area contributed by atoms with E-state index in [1.54, 1.807) is 17.3 Å². The third kappa shape index (κ3) is 2.91. The Kier molecular flexibility index (Phi) is 3.88. The largest absolute Gasteiger partial charge is 0.313 e. The molecule has 0 amide bonds. The maximum absolute atomic E-state index is 4.17. The molecule has 1 aromatic heterocycles. The Morgan fingerprint density at radius 2 is 2.24 bits per heavy atom. The summed E-state index contributed by atoms with van der Waals surface area (Å²) < 4.78 is 1.80. The lowest BCUT2D eigenvalue weighted by molar-refractivity contribution is 0.674. The van der Waals surface area contributed by atoms with Crippen molar-refractivity contribution in [3.05, 3.63) is 42.0 Å². The number of hydrogen-bond donors (Lipinski definition) is 1. The molecule has 4 nitrogen and oxygen atoms in total. The molecule has 0 radical (unpaired) electrons. The molecule has 0 saturated carbocycles. The minimum Gasteiger partial charge on any atom is -0.313 e. The van der Waals surface area contributed by atoms with E-state index in [1.807, 2.05) is 0 Å². The van der Waals surface area contributed by atoms with Gasteiger partial charge in [0.25, 0.3) is 0 Å². The molecule has 4 heteroatoms. The van der Waals surface area contributed by atoms with Gasteiger partial charge in [-0.25, -0.2) is 9.67 Å². The molecule has 0 spiro atoms. The smallest absolute Gasteiger partial charge is 0.138 e. The first-order valence-electron chi connectivity index (χ1n) is 5.96. The van der Waals surface area contributed by atoms with Crippen LogP contribution in [0.4, 0.5) is 0 Å². The Hall–Kier alpha value is -1.68.